The smallest absolute Gasteiger partial charge is 0.236 e. The number of aromatic nitrogens is 2. The monoisotopic (exact) mass is 421 g/mol. The van der Waals surface area contributed by atoms with Gasteiger partial charge in [-0.3, -0.25) is 9.69 Å². The van der Waals surface area contributed by atoms with Gasteiger partial charge in [0.25, 0.3) is 0 Å². The van der Waals surface area contributed by atoms with E-state index in [9.17, 15) is 4.79 Å². The van der Waals surface area contributed by atoms with Gasteiger partial charge < -0.3 is 9.80 Å². The Hall–Kier alpha value is -2.47. The van der Waals surface area contributed by atoms with Gasteiger partial charge in [-0.05, 0) is 43.7 Å². The van der Waals surface area contributed by atoms with Crippen LogP contribution in [0.5, 0.6) is 0 Å². The van der Waals surface area contributed by atoms with Crippen LogP contribution in [0.15, 0.2) is 36.5 Å². The molecule has 0 unspecified atom stereocenters. The van der Waals surface area contributed by atoms with Crippen molar-refractivity contribution >= 4 is 11.9 Å². The fourth-order valence-corrected chi connectivity index (χ4v) is 4.72. The van der Waals surface area contributed by atoms with E-state index in [0.29, 0.717) is 12.5 Å². The molecule has 2 aliphatic heterocycles. The molecule has 31 heavy (non-hydrogen) atoms. The van der Waals surface area contributed by atoms with Crippen molar-refractivity contribution in [3.05, 3.63) is 42.2 Å². The molecule has 0 N–H and O–H groups in total. The van der Waals surface area contributed by atoms with Gasteiger partial charge in [0.15, 0.2) is 0 Å². The minimum Gasteiger partial charge on any atom is -0.347 e. The first kappa shape index (κ1) is 21.8. The zero-order valence-electron chi connectivity index (χ0n) is 19.1. The summed E-state index contributed by atoms with van der Waals surface area (Å²) in [6.45, 7) is 6.49. The summed E-state index contributed by atoms with van der Waals surface area (Å²) in [5, 5.41) is 0. The summed E-state index contributed by atoms with van der Waals surface area (Å²) in [6, 6.07) is 10.4. The van der Waals surface area contributed by atoms with Crippen LogP contribution in [0.2, 0.25) is 0 Å². The summed E-state index contributed by atoms with van der Waals surface area (Å²) in [5.74, 6) is 2.07. The normalized spacial score (nSPS) is 20.6. The van der Waals surface area contributed by atoms with Crippen molar-refractivity contribution < 1.29 is 4.79 Å². The molecular formula is C25H35N5O. The van der Waals surface area contributed by atoms with Crippen molar-refractivity contribution in [2.75, 3.05) is 51.7 Å². The van der Waals surface area contributed by atoms with Crippen LogP contribution < -0.4 is 4.90 Å². The Morgan fingerprint density at radius 2 is 1.84 bits per heavy atom. The number of amides is 1. The van der Waals surface area contributed by atoms with E-state index in [2.05, 4.69) is 46.0 Å². The second-order valence-electron chi connectivity index (χ2n) is 9.37. The van der Waals surface area contributed by atoms with Crippen LogP contribution in [-0.2, 0) is 4.79 Å². The highest BCUT2D eigenvalue weighted by Crippen LogP contribution is 2.34. The Morgan fingerprint density at radius 1 is 1.10 bits per heavy atom. The SMILES string of the molecule is CC1CCN(C(=O)CN2CCC[C@@H](c3nc(N(C)C)ncc3-c3ccccc3)C2)CC1. The van der Waals surface area contributed by atoms with Crippen LogP contribution in [0.1, 0.15) is 44.2 Å². The molecule has 0 radical (unpaired) electrons. The summed E-state index contributed by atoms with van der Waals surface area (Å²) in [7, 11) is 3.96. The van der Waals surface area contributed by atoms with Crippen LogP contribution in [0.3, 0.4) is 0 Å². The maximum atomic E-state index is 12.9. The minimum atomic E-state index is 0.285. The topological polar surface area (TPSA) is 52.6 Å². The van der Waals surface area contributed by atoms with E-state index in [-0.39, 0.29) is 5.91 Å². The predicted molar refractivity (Wildman–Crippen MR) is 125 cm³/mol. The number of nitrogens with zero attached hydrogens (tertiary/aromatic N) is 5. The molecule has 2 aromatic rings. The molecule has 166 valence electrons. The largest absolute Gasteiger partial charge is 0.347 e. The number of hydrogen-bond acceptors (Lipinski definition) is 5. The summed E-state index contributed by atoms with van der Waals surface area (Å²) >= 11 is 0. The zero-order chi connectivity index (χ0) is 21.8. The first-order valence-corrected chi connectivity index (χ1v) is 11.6. The third-order valence-electron chi connectivity index (χ3n) is 6.68. The summed E-state index contributed by atoms with van der Waals surface area (Å²) in [5.41, 5.74) is 3.36. The fraction of sp³-hybridized carbons (Fsp3) is 0.560. The van der Waals surface area contributed by atoms with Gasteiger partial charge in [-0.2, -0.15) is 0 Å². The van der Waals surface area contributed by atoms with E-state index < -0.39 is 0 Å². The van der Waals surface area contributed by atoms with Crippen LogP contribution in [0, 0.1) is 5.92 Å². The van der Waals surface area contributed by atoms with Gasteiger partial charge in [-0.25, -0.2) is 9.97 Å². The number of rotatable bonds is 5. The average Bonchev–Trinajstić information content (AvgIpc) is 2.80. The minimum absolute atomic E-state index is 0.285. The molecule has 3 heterocycles. The molecule has 0 aliphatic carbocycles. The third kappa shape index (κ3) is 5.24. The Morgan fingerprint density at radius 3 is 2.55 bits per heavy atom. The van der Waals surface area contributed by atoms with E-state index >= 15 is 0 Å². The molecule has 2 fully saturated rings. The van der Waals surface area contributed by atoms with E-state index in [1.165, 1.54) is 0 Å². The van der Waals surface area contributed by atoms with Gasteiger partial charge in [0.2, 0.25) is 11.9 Å². The number of carbonyl (C=O) groups is 1. The van der Waals surface area contributed by atoms with Gasteiger partial charge in [0.05, 0.1) is 12.2 Å². The lowest BCUT2D eigenvalue weighted by Gasteiger charge is -2.36. The molecule has 1 aromatic carbocycles. The number of benzene rings is 1. The Bertz CT molecular complexity index is 877. The van der Waals surface area contributed by atoms with E-state index in [0.717, 1.165) is 80.5 Å². The quantitative estimate of drug-likeness (QED) is 0.738. The molecule has 0 saturated carbocycles. The number of likely N-dealkylation sites (tertiary alicyclic amines) is 2. The zero-order valence-corrected chi connectivity index (χ0v) is 19.1. The van der Waals surface area contributed by atoms with Gasteiger partial charge >= 0.3 is 0 Å². The van der Waals surface area contributed by atoms with E-state index in [1.54, 1.807) is 0 Å². The first-order valence-electron chi connectivity index (χ1n) is 11.6. The molecule has 1 aromatic heterocycles. The maximum absolute atomic E-state index is 12.9. The lowest BCUT2D eigenvalue weighted by atomic mass is 9.90. The fourth-order valence-electron chi connectivity index (χ4n) is 4.72. The number of carbonyl (C=O) groups excluding carboxylic acids is 1. The van der Waals surface area contributed by atoms with Crippen molar-refractivity contribution in [1.82, 2.24) is 19.8 Å². The molecule has 2 aliphatic rings. The van der Waals surface area contributed by atoms with Crippen molar-refractivity contribution in [2.24, 2.45) is 5.92 Å². The maximum Gasteiger partial charge on any atom is 0.236 e. The molecule has 1 atom stereocenters. The van der Waals surface area contributed by atoms with Crippen molar-refractivity contribution in [2.45, 2.75) is 38.5 Å². The molecule has 4 rings (SSSR count). The lowest BCUT2D eigenvalue weighted by Crippen LogP contribution is -2.46. The molecular weight excluding hydrogens is 386 g/mol. The summed E-state index contributed by atoms with van der Waals surface area (Å²) < 4.78 is 0. The lowest BCUT2D eigenvalue weighted by molar-refractivity contribution is -0.134. The number of piperidine rings is 2. The second kappa shape index (κ2) is 9.77. The van der Waals surface area contributed by atoms with E-state index in [1.807, 2.05) is 31.3 Å². The Kier molecular flexibility index (Phi) is 6.86. The van der Waals surface area contributed by atoms with E-state index in [4.69, 9.17) is 4.98 Å². The molecule has 2 saturated heterocycles. The van der Waals surface area contributed by atoms with Crippen LogP contribution >= 0.6 is 0 Å². The molecule has 0 spiro atoms. The highest BCUT2D eigenvalue weighted by Gasteiger charge is 2.28. The van der Waals surface area contributed by atoms with Crippen molar-refractivity contribution in [3.63, 3.8) is 0 Å². The molecule has 1 amide bonds. The Balaban J connectivity index is 1.52. The van der Waals surface area contributed by atoms with Crippen molar-refractivity contribution in [1.29, 1.82) is 0 Å². The highest BCUT2D eigenvalue weighted by molar-refractivity contribution is 5.78. The number of anilines is 1. The van der Waals surface area contributed by atoms with Crippen LogP contribution in [-0.4, -0.2) is 72.5 Å². The predicted octanol–water partition coefficient (Wildman–Crippen LogP) is 3.65. The van der Waals surface area contributed by atoms with Crippen LogP contribution in [0.4, 0.5) is 5.95 Å². The highest BCUT2D eigenvalue weighted by atomic mass is 16.2. The summed E-state index contributed by atoms with van der Waals surface area (Å²) in [6.07, 6.45) is 6.40. The van der Waals surface area contributed by atoms with Gasteiger partial charge in [-0.1, -0.05) is 37.3 Å². The van der Waals surface area contributed by atoms with Crippen molar-refractivity contribution in [3.8, 4) is 11.1 Å². The molecule has 0 bridgehead atoms. The van der Waals surface area contributed by atoms with Crippen LogP contribution in [0.25, 0.3) is 11.1 Å². The van der Waals surface area contributed by atoms with Gasteiger partial charge in [0.1, 0.15) is 0 Å². The standard InChI is InChI=1S/C25H35N5O/c1-19-11-14-30(15-12-19)23(31)18-29-13-7-10-21(17-29)24-22(20-8-5-4-6-9-20)16-26-25(27-24)28(2)3/h4-6,8-9,16,19,21H,7,10-15,17-18H2,1-3H3/t21-/m1/s1. The molecule has 6 nitrogen and oxygen atoms in total. The first-order chi connectivity index (χ1) is 15.0. The van der Waals surface area contributed by atoms with Gasteiger partial charge in [-0.15, -0.1) is 0 Å². The number of hydrogen-bond donors (Lipinski definition) is 0. The summed E-state index contributed by atoms with van der Waals surface area (Å²) in [4.78, 5) is 28.8. The third-order valence-corrected chi connectivity index (χ3v) is 6.68. The Labute approximate surface area is 186 Å². The molecule has 6 heteroatoms. The second-order valence-corrected chi connectivity index (χ2v) is 9.37. The van der Waals surface area contributed by atoms with Gasteiger partial charge in [0, 0.05) is 51.4 Å². The average molecular weight is 422 g/mol.